The predicted octanol–water partition coefficient (Wildman–Crippen LogP) is 1.41. The average Bonchev–Trinajstić information content (AvgIpc) is 2.39. The van der Waals surface area contributed by atoms with Crippen molar-refractivity contribution in [2.45, 2.75) is 20.4 Å². The van der Waals surface area contributed by atoms with Gasteiger partial charge in [0.15, 0.2) is 5.78 Å². The van der Waals surface area contributed by atoms with E-state index in [9.17, 15) is 14.7 Å². The van der Waals surface area contributed by atoms with Crippen molar-refractivity contribution in [3.05, 3.63) is 29.3 Å². The van der Waals surface area contributed by atoms with Gasteiger partial charge in [-0.25, -0.2) is 0 Å². The number of benzene rings is 1. The summed E-state index contributed by atoms with van der Waals surface area (Å²) in [5, 5.41) is 12.4. The van der Waals surface area contributed by atoms with Crippen LogP contribution in [0.5, 0.6) is 5.75 Å². The number of hydrogen-bond acceptors (Lipinski definition) is 4. The van der Waals surface area contributed by atoms with Crippen LogP contribution in [-0.2, 0) is 11.3 Å². The summed E-state index contributed by atoms with van der Waals surface area (Å²) in [4.78, 5) is 24.8. The zero-order chi connectivity index (χ0) is 15.3. The number of phenolic OH excluding ortho intramolecular Hbond substituents is 1. The Balaban J connectivity index is 2.75. The van der Waals surface area contributed by atoms with E-state index in [2.05, 4.69) is 5.32 Å². The van der Waals surface area contributed by atoms with Gasteiger partial charge in [-0.3, -0.25) is 9.59 Å². The first-order valence-corrected chi connectivity index (χ1v) is 6.58. The average molecular weight is 278 g/mol. The van der Waals surface area contributed by atoms with E-state index in [1.54, 1.807) is 19.2 Å². The molecule has 0 radical (unpaired) electrons. The summed E-state index contributed by atoms with van der Waals surface area (Å²) in [7, 11) is 3.49. The van der Waals surface area contributed by atoms with Crippen LogP contribution in [0.3, 0.4) is 0 Å². The summed E-state index contributed by atoms with van der Waals surface area (Å²) in [6.07, 6.45) is 0. The lowest BCUT2D eigenvalue weighted by molar-refractivity contribution is -0.124. The Kier molecular flexibility index (Phi) is 5.70. The second kappa shape index (κ2) is 7.05. The zero-order valence-corrected chi connectivity index (χ0v) is 12.4. The van der Waals surface area contributed by atoms with Gasteiger partial charge in [-0.2, -0.15) is 0 Å². The second-order valence-corrected chi connectivity index (χ2v) is 5.11. The molecule has 0 aliphatic rings. The van der Waals surface area contributed by atoms with Crippen molar-refractivity contribution in [2.75, 3.05) is 20.6 Å². The lowest BCUT2D eigenvalue weighted by Gasteiger charge is -2.21. The van der Waals surface area contributed by atoms with E-state index < -0.39 is 0 Å². The van der Waals surface area contributed by atoms with Crippen molar-refractivity contribution >= 4 is 11.7 Å². The highest BCUT2D eigenvalue weighted by molar-refractivity contribution is 5.94. The van der Waals surface area contributed by atoms with Gasteiger partial charge >= 0.3 is 0 Å². The Morgan fingerprint density at radius 2 is 2.05 bits per heavy atom. The molecule has 0 saturated carbocycles. The summed E-state index contributed by atoms with van der Waals surface area (Å²) in [5.74, 6) is -0.0243. The molecular formula is C15H22N2O3. The zero-order valence-electron chi connectivity index (χ0n) is 12.4. The molecule has 1 atom stereocenters. The van der Waals surface area contributed by atoms with Gasteiger partial charge in [0, 0.05) is 37.2 Å². The maximum Gasteiger partial charge on any atom is 0.223 e. The monoisotopic (exact) mass is 278 g/mol. The highest BCUT2D eigenvalue weighted by atomic mass is 16.3. The minimum absolute atomic E-state index is 0.0152. The third-order valence-electron chi connectivity index (χ3n) is 3.21. The second-order valence-electron chi connectivity index (χ2n) is 5.11. The molecule has 0 fully saturated rings. The summed E-state index contributed by atoms with van der Waals surface area (Å²) in [5.41, 5.74) is 1.26. The van der Waals surface area contributed by atoms with E-state index in [0.717, 1.165) is 0 Å². The van der Waals surface area contributed by atoms with Crippen LogP contribution in [0.4, 0.5) is 0 Å². The molecule has 0 spiro atoms. The predicted molar refractivity (Wildman–Crippen MR) is 77.7 cm³/mol. The maximum absolute atomic E-state index is 11.5. The van der Waals surface area contributed by atoms with Gasteiger partial charge in [0.05, 0.1) is 0 Å². The normalized spacial score (nSPS) is 12.2. The standard InChI is InChI=1S/C15H22N2O3/c1-10(15(20)16-3)8-17(4)9-13-7-12(11(2)18)5-6-14(13)19/h5-7,10,19H,8-9H2,1-4H3,(H,16,20). The number of nitrogens with one attached hydrogen (secondary N) is 1. The van der Waals surface area contributed by atoms with Gasteiger partial charge in [0.2, 0.25) is 5.91 Å². The van der Waals surface area contributed by atoms with E-state index in [1.807, 2.05) is 18.9 Å². The first-order chi connectivity index (χ1) is 9.35. The summed E-state index contributed by atoms with van der Waals surface area (Å²) < 4.78 is 0. The van der Waals surface area contributed by atoms with Crippen LogP contribution in [0.25, 0.3) is 0 Å². The molecular weight excluding hydrogens is 256 g/mol. The van der Waals surface area contributed by atoms with Crippen molar-refractivity contribution < 1.29 is 14.7 Å². The molecule has 0 aliphatic carbocycles. The van der Waals surface area contributed by atoms with E-state index in [0.29, 0.717) is 24.2 Å². The molecule has 0 saturated heterocycles. The van der Waals surface area contributed by atoms with Gasteiger partial charge < -0.3 is 15.3 Å². The van der Waals surface area contributed by atoms with Crippen LogP contribution in [0.2, 0.25) is 0 Å². The smallest absolute Gasteiger partial charge is 0.223 e. The molecule has 0 heterocycles. The number of rotatable bonds is 6. The van der Waals surface area contributed by atoms with E-state index in [-0.39, 0.29) is 23.4 Å². The first-order valence-electron chi connectivity index (χ1n) is 6.58. The fourth-order valence-corrected chi connectivity index (χ4v) is 2.08. The number of ketones is 1. The number of aromatic hydroxyl groups is 1. The molecule has 0 bridgehead atoms. The Labute approximate surface area is 119 Å². The molecule has 110 valence electrons. The fourth-order valence-electron chi connectivity index (χ4n) is 2.08. The molecule has 1 rings (SSSR count). The van der Waals surface area contributed by atoms with Crippen LogP contribution in [-0.4, -0.2) is 42.3 Å². The summed E-state index contributed by atoms with van der Waals surface area (Å²) in [6.45, 7) is 4.40. The molecule has 1 aromatic carbocycles. The number of amides is 1. The molecule has 1 amide bonds. The van der Waals surface area contributed by atoms with Gasteiger partial charge in [-0.15, -0.1) is 0 Å². The minimum Gasteiger partial charge on any atom is -0.508 e. The van der Waals surface area contributed by atoms with Crippen molar-refractivity contribution in [3.63, 3.8) is 0 Å². The highest BCUT2D eigenvalue weighted by Crippen LogP contribution is 2.20. The first kappa shape index (κ1) is 16.2. The number of hydrogen-bond donors (Lipinski definition) is 2. The Morgan fingerprint density at radius 1 is 1.40 bits per heavy atom. The topological polar surface area (TPSA) is 69.6 Å². The maximum atomic E-state index is 11.5. The van der Waals surface area contributed by atoms with E-state index in [4.69, 9.17) is 0 Å². The largest absolute Gasteiger partial charge is 0.508 e. The van der Waals surface area contributed by atoms with Gasteiger partial charge in [-0.1, -0.05) is 6.92 Å². The van der Waals surface area contributed by atoms with Crippen LogP contribution < -0.4 is 5.32 Å². The fraction of sp³-hybridized carbons (Fsp3) is 0.467. The SMILES string of the molecule is CNC(=O)C(C)CN(C)Cc1cc(C(C)=O)ccc1O. The van der Waals surface area contributed by atoms with Crippen LogP contribution >= 0.6 is 0 Å². The van der Waals surface area contributed by atoms with E-state index >= 15 is 0 Å². The lowest BCUT2D eigenvalue weighted by Crippen LogP contribution is -2.34. The number of carbonyl (C=O) groups is 2. The van der Waals surface area contributed by atoms with Crippen molar-refractivity contribution in [1.82, 2.24) is 10.2 Å². The van der Waals surface area contributed by atoms with Crippen LogP contribution in [0.15, 0.2) is 18.2 Å². The quantitative estimate of drug-likeness (QED) is 0.772. The molecule has 20 heavy (non-hydrogen) atoms. The molecule has 1 unspecified atom stereocenters. The summed E-state index contributed by atoms with van der Waals surface area (Å²) >= 11 is 0. The van der Waals surface area contributed by atoms with Gasteiger partial charge in [0.25, 0.3) is 0 Å². The Bertz CT molecular complexity index is 500. The van der Waals surface area contributed by atoms with Gasteiger partial charge in [0.1, 0.15) is 5.75 Å². The molecule has 0 aliphatic heterocycles. The Hall–Kier alpha value is -1.88. The van der Waals surface area contributed by atoms with Crippen LogP contribution in [0, 0.1) is 5.92 Å². The van der Waals surface area contributed by atoms with Crippen molar-refractivity contribution in [2.24, 2.45) is 5.92 Å². The Morgan fingerprint density at radius 3 is 2.60 bits per heavy atom. The molecule has 1 aromatic rings. The molecule has 2 N–H and O–H groups in total. The lowest BCUT2D eigenvalue weighted by atomic mass is 10.1. The molecule has 0 aromatic heterocycles. The number of Topliss-reactive ketones (excluding diaryl/α,β-unsaturated/α-hetero) is 1. The number of carbonyl (C=O) groups excluding carboxylic acids is 2. The van der Waals surface area contributed by atoms with Crippen molar-refractivity contribution in [1.29, 1.82) is 0 Å². The molecule has 5 nitrogen and oxygen atoms in total. The number of nitrogens with zero attached hydrogens (tertiary/aromatic N) is 1. The van der Waals surface area contributed by atoms with Crippen LogP contribution in [0.1, 0.15) is 29.8 Å². The summed E-state index contributed by atoms with van der Waals surface area (Å²) in [6, 6.07) is 4.83. The van der Waals surface area contributed by atoms with Crippen molar-refractivity contribution in [3.8, 4) is 5.75 Å². The third kappa shape index (κ3) is 4.35. The third-order valence-corrected chi connectivity index (χ3v) is 3.21. The van der Waals surface area contributed by atoms with E-state index in [1.165, 1.54) is 13.0 Å². The highest BCUT2D eigenvalue weighted by Gasteiger charge is 2.15. The van der Waals surface area contributed by atoms with Gasteiger partial charge in [-0.05, 0) is 32.2 Å². The molecule has 5 heteroatoms. The minimum atomic E-state index is -0.136. The number of phenols is 1.